The van der Waals surface area contributed by atoms with E-state index < -0.39 is 0 Å². The number of aromatic nitrogens is 2. The molecule has 0 saturated carbocycles. The van der Waals surface area contributed by atoms with Crippen molar-refractivity contribution in [1.29, 1.82) is 0 Å². The minimum atomic E-state index is 0.340. The summed E-state index contributed by atoms with van der Waals surface area (Å²) in [5.74, 6) is 1.98. The molecular formula is C13H14ClN3O2. The number of nitrogens with one attached hydrogen (secondary N) is 1. The molecule has 0 spiro atoms. The van der Waals surface area contributed by atoms with E-state index in [0.717, 1.165) is 5.56 Å². The number of hydrogen-bond donors (Lipinski definition) is 1. The van der Waals surface area contributed by atoms with Crippen LogP contribution in [0.4, 0.5) is 5.82 Å². The molecule has 5 nitrogen and oxygen atoms in total. The lowest BCUT2D eigenvalue weighted by Crippen LogP contribution is -2.01. The zero-order chi connectivity index (χ0) is 13.8. The minimum Gasteiger partial charge on any atom is -0.489 e. The zero-order valence-electron chi connectivity index (χ0n) is 10.9. The molecule has 0 bridgehead atoms. The lowest BCUT2D eigenvalue weighted by Gasteiger charge is -2.13. The van der Waals surface area contributed by atoms with E-state index in [1.807, 2.05) is 13.0 Å². The summed E-state index contributed by atoms with van der Waals surface area (Å²) in [6.07, 6.45) is 1.41. The van der Waals surface area contributed by atoms with Gasteiger partial charge in [-0.3, -0.25) is 0 Å². The van der Waals surface area contributed by atoms with E-state index in [1.165, 1.54) is 13.4 Å². The van der Waals surface area contributed by atoms with Crippen LogP contribution >= 0.6 is 11.6 Å². The van der Waals surface area contributed by atoms with Gasteiger partial charge in [0.25, 0.3) is 5.88 Å². The molecule has 0 fully saturated rings. The minimum absolute atomic E-state index is 0.340. The standard InChI is InChI=1S/C13H14ClN3O2/c1-8-4-5-9(14)6-10(8)19-13-11(18-3)12(15-2)16-7-17-13/h4-7H,1-3H3,(H,15,16,17). The highest BCUT2D eigenvalue weighted by Gasteiger charge is 2.14. The summed E-state index contributed by atoms with van der Waals surface area (Å²) in [5.41, 5.74) is 0.955. The summed E-state index contributed by atoms with van der Waals surface area (Å²) in [6.45, 7) is 1.93. The maximum absolute atomic E-state index is 5.96. The molecule has 100 valence electrons. The first kappa shape index (κ1) is 13.4. The number of benzene rings is 1. The largest absolute Gasteiger partial charge is 0.489 e. The highest BCUT2D eigenvalue weighted by molar-refractivity contribution is 6.30. The molecule has 0 aliphatic carbocycles. The number of nitrogens with zero attached hydrogens (tertiary/aromatic N) is 2. The fraction of sp³-hybridized carbons (Fsp3) is 0.231. The van der Waals surface area contributed by atoms with Gasteiger partial charge >= 0.3 is 0 Å². The first-order valence-electron chi connectivity index (χ1n) is 5.66. The number of aryl methyl sites for hydroxylation is 1. The molecule has 1 aromatic heterocycles. The number of hydrogen-bond acceptors (Lipinski definition) is 5. The van der Waals surface area contributed by atoms with Crippen LogP contribution in [0.3, 0.4) is 0 Å². The quantitative estimate of drug-likeness (QED) is 0.931. The van der Waals surface area contributed by atoms with Gasteiger partial charge in [0.2, 0.25) is 5.75 Å². The molecule has 1 aromatic carbocycles. The highest BCUT2D eigenvalue weighted by Crippen LogP contribution is 2.35. The van der Waals surface area contributed by atoms with Crippen LogP contribution in [0, 0.1) is 6.92 Å². The zero-order valence-corrected chi connectivity index (χ0v) is 11.7. The molecular weight excluding hydrogens is 266 g/mol. The van der Waals surface area contributed by atoms with Gasteiger partial charge in [-0.15, -0.1) is 0 Å². The van der Waals surface area contributed by atoms with Crippen LogP contribution in [0.2, 0.25) is 5.02 Å². The van der Waals surface area contributed by atoms with Crippen molar-refractivity contribution in [3.8, 4) is 17.4 Å². The fourth-order valence-electron chi connectivity index (χ4n) is 1.58. The molecule has 0 radical (unpaired) electrons. The van der Waals surface area contributed by atoms with Crippen molar-refractivity contribution in [3.63, 3.8) is 0 Å². The van der Waals surface area contributed by atoms with Crippen LogP contribution in [0.15, 0.2) is 24.5 Å². The van der Waals surface area contributed by atoms with Crippen LogP contribution in [0.1, 0.15) is 5.56 Å². The normalized spacial score (nSPS) is 10.1. The number of methoxy groups -OCH3 is 1. The van der Waals surface area contributed by atoms with Gasteiger partial charge < -0.3 is 14.8 Å². The Morgan fingerprint density at radius 3 is 2.74 bits per heavy atom. The second-order valence-corrected chi connectivity index (χ2v) is 4.26. The number of rotatable bonds is 4. The summed E-state index contributed by atoms with van der Waals surface area (Å²) in [7, 11) is 3.29. The van der Waals surface area contributed by atoms with Crippen molar-refractivity contribution >= 4 is 17.4 Å². The predicted octanol–water partition coefficient (Wildman–Crippen LogP) is 3.28. The van der Waals surface area contributed by atoms with Crippen molar-refractivity contribution < 1.29 is 9.47 Å². The van der Waals surface area contributed by atoms with E-state index in [0.29, 0.717) is 28.2 Å². The molecule has 1 N–H and O–H groups in total. The Labute approximate surface area is 116 Å². The summed E-state index contributed by atoms with van der Waals surface area (Å²) in [4.78, 5) is 8.14. The summed E-state index contributed by atoms with van der Waals surface area (Å²) >= 11 is 5.96. The number of halogens is 1. The van der Waals surface area contributed by atoms with Gasteiger partial charge in [0.15, 0.2) is 5.82 Å². The second-order valence-electron chi connectivity index (χ2n) is 3.82. The van der Waals surface area contributed by atoms with Crippen molar-refractivity contribution in [2.75, 3.05) is 19.5 Å². The van der Waals surface area contributed by atoms with Crippen molar-refractivity contribution in [3.05, 3.63) is 35.1 Å². The smallest absolute Gasteiger partial charge is 0.268 e. The summed E-state index contributed by atoms with van der Waals surface area (Å²) < 4.78 is 11.0. The van der Waals surface area contributed by atoms with Crippen molar-refractivity contribution in [2.45, 2.75) is 6.92 Å². The third kappa shape index (κ3) is 2.88. The maximum atomic E-state index is 5.96. The Hall–Kier alpha value is -2.01. The molecule has 0 amide bonds. The van der Waals surface area contributed by atoms with Gasteiger partial charge in [0.05, 0.1) is 7.11 Å². The second kappa shape index (κ2) is 5.75. The Bertz CT molecular complexity index is 590. The third-order valence-electron chi connectivity index (χ3n) is 2.57. The summed E-state index contributed by atoms with van der Waals surface area (Å²) in [5, 5.41) is 3.52. The molecule has 0 atom stereocenters. The molecule has 6 heteroatoms. The van der Waals surface area contributed by atoms with Crippen LogP contribution in [0.5, 0.6) is 17.4 Å². The van der Waals surface area contributed by atoms with Crippen LogP contribution in [-0.2, 0) is 0 Å². The monoisotopic (exact) mass is 279 g/mol. The fourth-order valence-corrected chi connectivity index (χ4v) is 1.74. The topological polar surface area (TPSA) is 56.3 Å². The summed E-state index contributed by atoms with van der Waals surface area (Å²) in [6, 6.07) is 5.42. The van der Waals surface area contributed by atoms with Gasteiger partial charge in [-0.2, -0.15) is 4.98 Å². The average molecular weight is 280 g/mol. The molecule has 19 heavy (non-hydrogen) atoms. The van der Waals surface area contributed by atoms with Gasteiger partial charge in [0.1, 0.15) is 12.1 Å². The van der Waals surface area contributed by atoms with E-state index in [1.54, 1.807) is 19.2 Å². The average Bonchev–Trinajstić information content (AvgIpc) is 2.42. The molecule has 2 rings (SSSR count). The highest BCUT2D eigenvalue weighted by atomic mass is 35.5. The predicted molar refractivity (Wildman–Crippen MR) is 74.4 cm³/mol. The molecule has 0 aliphatic rings. The van der Waals surface area contributed by atoms with Crippen LogP contribution in [0.25, 0.3) is 0 Å². The number of ether oxygens (including phenoxy) is 2. The molecule has 2 aromatic rings. The van der Waals surface area contributed by atoms with E-state index in [2.05, 4.69) is 15.3 Å². The SMILES string of the molecule is CNc1ncnc(Oc2cc(Cl)ccc2C)c1OC. The Morgan fingerprint density at radius 2 is 2.05 bits per heavy atom. The molecule has 0 aliphatic heterocycles. The van der Waals surface area contributed by atoms with Gasteiger partial charge in [-0.05, 0) is 24.6 Å². The first-order valence-corrected chi connectivity index (χ1v) is 6.04. The molecule has 0 unspecified atom stereocenters. The Morgan fingerprint density at radius 1 is 1.26 bits per heavy atom. The number of anilines is 1. The molecule has 0 saturated heterocycles. The maximum Gasteiger partial charge on any atom is 0.268 e. The van der Waals surface area contributed by atoms with Gasteiger partial charge in [-0.25, -0.2) is 4.98 Å². The Balaban J connectivity index is 2.40. The van der Waals surface area contributed by atoms with Crippen molar-refractivity contribution in [2.24, 2.45) is 0 Å². The molecule has 1 heterocycles. The van der Waals surface area contributed by atoms with Gasteiger partial charge in [-0.1, -0.05) is 17.7 Å². The van der Waals surface area contributed by atoms with Crippen LogP contribution in [-0.4, -0.2) is 24.1 Å². The van der Waals surface area contributed by atoms with E-state index in [4.69, 9.17) is 21.1 Å². The van der Waals surface area contributed by atoms with E-state index in [-0.39, 0.29) is 0 Å². The Kier molecular flexibility index (Phi) is 4.06. The first-order chi connectivity index (χ1) is 9.15. The lowest BCUT2D eigenvalue weighted by atomic mass is 10.2. The van der Waals surface area contributed by atoms with Crippen molar-refractivity contribution in [1.82, 2.24) is 9.97 Å². The van der Waals surface area contributed by atoms with Crippen LogP contribution < -0.4 is 14.8 Å². The third-order valence-corrected chi connectivity index (χ3v) is 2.80. The lowest BCUT2D eigenvalue weighted by molar-refractivity contribution is 0.368. The van der Waals surface area contributed by atoms with Gasteiger partial charge in [0, 0.05) is 12.1 Å². The van der Waals surface area contributed by atoms with E-state index in [9.17, 15) is 0 Å². The van der Waals surface area contributed by atoms with E-state index >= 15 is 0 Å².